The van der Waals surface area contributed by atoms with Gasteiger partial charge in [0.1, 0.15) is 11.2 Å². The first-order chi connectivity index (χ1) is 12.3. The first-order valence-electron chi connectivity index (χ1n) is 8.12. The van der Waals surface area contributed by atoms with E-state index in [-0.39, 0.29) is 0 Å². The van der Waals surface area contributed by atoms with Gasteiger partial charge in [0.25, 0.3) is 0 Å². The minimum absolute atomic E-state index is 0.331. The number of pyridine rings is 1. The Morgan fingerprint density at radius 2 is 1.92 bits per heavy atom. The van der Waals surface area contributed by atoms with Crippen LogP contribution in [0.25, 0.3) is 16.7 Å². The fourth-order valence-electron chi connectivity index (χ4n) is 3.03. The molecule has 134 valence electrons. The molecule has 26 heavy (non-hydrogen) atoms. The predicted octanol–water partition coefficient (Wildman–Crippen LogP) is 3.12. The first kappa shape index (κ1) is 16.7. The molecule has 3 heterocycles. The summed E-state index contributed by atoms with van der Waals surface area (Å²) >= 11 is 0. The number of hydrogen-bond donors (Lipinski definition) is 1. The summed E-state index contributed by atoms with van der Waals surface area (Å²) < 4.78 is 38.5. The van der Waals surface area contributed by atoms with Gasteiger partial charge in [0.15, 0.2) is 5.58 Å². The number of nitrogens with zero attached hydrogens (tertiary/aromatic N) is 3. The summed E-state index contributed by atoms with van der Waals surface area (Å²) in [6.45, 7) is 4.08. The lowest BCUT2D eigenvalue weighted by atomic mass is 10.1. The van der Waals surface area contributed by atoms with E-state index in [4.69, 9.17) is 14.0 Å². The summed E-state index contributed by atoms with van der Waals surface area (Å²) in [5, 5.41) is -0.684. The van der Waals surface area contributed by atoms with Crippen LogP contribution in [0.3, 0.4) is 0 Å². The maximum atomic E-state index is 11.1. The van der Waals surface area contributed by atoms with Crippen molar-refractivity contribution in [1.29, 1.82) is 0 Å². The molecule has 0 unspecified atom stereocenters. The van der Waals surface area contributed by atoms with Gasteiger partial charge in [-0.2, -0.15) is 13.4 Å². The fourth-order valence-corrected chi connectivity index (χ4v) is 3.44. The van der Waals surface area contributed by atoms with Gasteiger partial charge in [-0.05, 0) is 62.1 Å². The van der Waals surface area contributed by atoms with Crippen LogP contribution >= 0.6 is 0 Å². The standard InChI is InChI=1S/C18H17N3O4S/c1-11-7-8-21-12(2)14(19-17(21)9-11)5-3-13-4-6-15-16(10-13)25-18(20-15)26(22,23)24/h4,6-10H,3,5H2,1-2H3,(H,22,23,24). The number of hydrogen-bond acceptors (Lipinski definition) is 5. The van der Waals surface area contributed by atoms with Crippen molar-refractivity contribution >= 4 is 26.9 Å². The van der Waals surface area contributed by atoms with Crippen molar-refractivity contribution in [3.8, 4) is 0 Å². The molecule has 0 atom stereocenters. The molecule has 4 aromatic rings. The maximum Gasteiger partial charge on any atom is 0.347 e. The molecule has 8 heteroatoms. The molecule has 3 aromatic heterocycles. The number of aromatic nitrogens is 3. The minimum atomic E-state index is -4.45. The highest BCUT2D eigenvalue weighted by molar-refractivity contribution is 7.85. The highest BCUT2D eigenvalue weighted by Crippen LogP contribution is 2.21. The van der Waals surface area contributed by atoms with Crippen LogP contribution in [-0.2, 0) is 23.0 Å². The lowest BCUT2D eigenvalue weighted by molar-refractivity contribution is 0.408. The van der Waals surface area contributed by atoms with Gasteiger partial charge in [0.2, 0.25) is 0 Å². The Morgan fingerprint density at radius 3 is 2.69 bits per heavy atom. The van der Waals surface area contributed by atoms with E-state index in [1.54, 1.807) is 12.1 Å². The van der Waals surface area contributed by atoms with Crippen LogP contribution in [0.1, 0.15) is 22.5 Å². The van der Waals surface area contributed by atoms with Crippen molar-refractivity contribution in [3.63, 3.8) is 0 Å². The monoisotopic (exact) mass is 371 g/mol. The molecule has 0 saturated carbocycles. The zero-order valence-corrected chi connectivity index (χ0v) is 15.1. The summed E-state index contributed by atoms with van der Waals surface area (Å²) in [6.07, 6.45) is 3.49. The largest absolute Gasteiger partial charge is 0.426 e. The van der Waals surface area contributed by atoms with E-state index < -0.39 is 15.3 Å². The third-order valence-corrected chi connectivity index (χ3v) is 5.04. The Labute approximate surface area is 150 Å². The molecule has 0 radical (unpaired) electrons. The number of aryl methyl sites for hydroxylation is 4. The van der Waals surface area contributed by atoms with Crippen LogP contribution in [0, 0.1) is 13.8 Å². The average Bonchev–Trinajstić information content (AvgIpc) is 3.13. The van der Waals surface area contributed by atoms with E-state index in [2.05, 4.69) is 15.5 Å². The van der Waals surface area contributed by atoms with E-state index in [1.807, 2.05) is 32.2 Å². The van der Waals surface area contributed by atoms with Crippen LogP contribution < -0.4 is 0 Å². The van der Waals surface area contributed by atoms with Gasteiger partial charge in [0, 0.05) is 11.9 Å². The Kier molecular flexibility index (Phi) is 3.82. The molecule has 0 amide bonds. The van der Waals surface area contributed by atoms with Gasteiger partial charge in [-0.15, -0.1) is 0 Å². The number of fused-ring (bicyclic) bond motifs is 2. The van der Waals surface area contributed by atoms with E-state index in [1.165, 1.54) is 5.56 Å². The van der Waals surface area contributed by atoms with Crippen molar-refractivity contribution < 1.29 is 17.4 Å². The minimum Gasteiger partial charge on any atom is -0.426 e. The fraction of sp³-hybridized carbons (Fsp3) is 0.222. The Hall–Kier alpha value is -2.71. The van der Waals surface area contributed by atoms with Gasteiger partial charge < -0.3 is 8.82 Å². The van der Waals surface area contributed by atoms with E-state index >= 15 is 0 Å². The summed E-state index contributed by atoms with van der Waals surface area (Å²) in [4.78, 5) is 8.48. The smallest absolute Gasteiger partial charge is 0.347 e. The Bertz CT molecular complexity index is 1240. The van der Waals surface area contributed by atoms with Gasteiger partial charge in [-0.1, -0.05) is 6.07 Å². The normalized spacial score (nSPS) is 12.3. The third-order valence-electron chi connectivity index (χ3n) is 4.42. The lowest BCUT2D eigenvalue weighted by Gasteiger charge is -2.01. The molecule has 0 aliphatic heterocycles. The molecule has 0 bridgehead atoms. The third kappa shape index (κ3) is 2.97. The Balaban J connectivity index is 1.61. The van der Waals surface area contributed by atoms with E-state index in [0.29, 0.717) is 11.1 Å². The molecule has 0 saturated heterocycles. The molecular weight excluding hydrogens is 354 g/mol. The second-order valence-corrected chi connectivity index (χ2v) is 7.63. The van der Waals surface area contributed by atoms with Crippen LogP contribution in [-0.4, -0.2) is 27.3 Å². The quantitative estimate of drug-likeness (QED) is 0.554. The molecule has 0 aliphatic rings. The molecule has 0 fully saturated rings. The number of oxazole rings is 1. The summed E-state index contributed by atoms with van der Waals surface area (Å²) in [5.41, 5.74) is 5.92. The zero-order chi connectivity index (χ0) is 18.5. The zero-order valence-electron chi connectivity index (χ0n) is 14.3. The van der Waals surface area contributed by atoms with Crippen LogP contribution in [0.15, 0.2) is 46.2 Å². The van der Waals surface area contributed by atoms with Gasteiger partial charge in [0.05, 0.1) is 5.69 Å². The molecule has 0 aliphatic carbocycles. The average molecular weight is 371 g/mol. The highest BCUT2D eigenvalue weighted by atomic mass is 32.2. The molecule has 1 N–H and O–H groups in total. The number of imidazole rings is 1. The van der Waals surface area contributed by atoms with E-state index in [9.17, 15) is 8.42 Å². The van der Waals surface area contributed by atoms with Crippen LogP contribution in [0.2, 0.25) is 0 Å². The van der Waals surface area contributed by atoms with Crippen molar-refractivity contribution in [2.75, 3.05) is 0 Å². The molecule has 4 rings (SSSR count). The summed E-state index contributed by atoms with van der Waals surface area (Å²) in [7, 11) is -4.45. The van der Waals surface area contributed by atoms with Crippen molar-refractivity contribution in [3.05, 3.63) is 59.0 Å². The maximum absolute atomic E-state index is 11.1. The molecular formula is C18H17N3O4S. The molecule has 0 spiro atoms. The number of benzene rings is 1. The lowest BCUT2D eigenvalue weighted by Crippen LogP contribution is -1.97. The van der Waals surface area contributed by atoms with Gasteiger partial charge in [-0.3, -0.25) is 4.55 Å². The van der Waals surface area contributed by atoms with Crippen molar-refractivity contribution in [2.24, 2.45) is 0 Å². The predicted molar refractivity (Wildman–Crippen MR) is 95.9 cm³/mol. The van der Waals surface area contributed by atoms with Crippen molar-refractivity contribution in [1.82, 2.24) is 14.4 Å². The molecule has 1 aromatic carbocycles. The second kappa shape index (κ2) is 5.93. The SMILES string of the molecule is Cc1ccn2c(C)c(CCc3ccc4nc(S(=O)(=O)O)oc4c3)nc2c1. The second-order valence-electron chi connectivity index (χ2n) is 6.33. The van der Waals surface area contributed by atoms with Crippen molar-refractivity contribution in [2.45, 2.75) is 31.9 Å². The summed E-state index contributed by atoms with van der Waals surface area (Å²) in [5.74, 6) is 0. The number of rotatable bonds is 4. The summed E-state index contributed by atoms with van der Waals surface area (Å²) in [6, 6.07) is 9.40. The first-order valence-corrected chi connectivity index (χ1v) is 9.56. The van der Waals surface area contributed by atoms with Crippen LogP contribution in [0.4, 0.5) is 0 Å². The van der Waals surface area contributed by atoms with Crippen LogP contribution in [0.5, 0.6) is 0 Å². The van der Waals surface area contributed by atoms with Gasteiger partial charge in [-0.25, -0.2) is 4.98 Å². The van der Waals surface area contributed by atoms with E-state index in [0.717, 1.165) is 35.4 Å². The topological polar surface area (TPSA) is 97.7 Å². The Morgan fingerprint density at radius 1 is 1.12 bits per heavy atom. The van der Waals surface area contributed by atoms with Gasteiger partial charge >= 0.3 is 15.3 Å². The highest BCUT2D eigenvalue weighted by Gasteiger charge is 2.18. The molecule has 7 nitrogen and oxygen atoms in total.